The minimum Gasteiger partial charge on any atom is -0.497 e. The molecular weight excluding hydrogens is 254 g/mol. The largest absolute Gasteiger partial charge is 0.497 e. The zero-order chi connectivity index (χ0) is 13.9. The summed E-state index contributed by atoms with van der Waals surface area (Å²) in [5.41, 5.74) is 1.32. The SMILES string of the molecule is COc1ccc([C@@H]2CCCN2Cc2nc(C)no2)cc1. The Morgan fingerprint density at radius 2 is 2.15 bits per heavy atom. The van der Waals surface area contributed by atoms with Crippen LogP contribution in [-0.4, -0.2) is 28.7 Å². The van der Waals surface area contributed by atoms with E-state index in [-0.39, 0.29) is 0 Å². The lowest BCUT2D eigenvalue weighted by atomic mass is 10.0. The molecule has 5 heteroatoms. The number of ether oxygens (including phenoxy) is 1. The summed E-state index contributed by atoms with van der Waals surface area (Å²) < 4.78 is 10.4. The average molecular weight is 273 g/mol. The second-order valence-electron chi connectivity index (χ2n) is 5.14. The topological polar surface area (TPSA) is 51.4 Å². The van der Waals surface area contributed by atoms with Crippen molar-refractivity contribution in [3.8, 4) is 5.75 Å². The van der Waals surface area contributed by atoms with Crippen LogP contribution in [0.5, 0.6) is 5.75 Å². The minimum atomic E-state index is 0.424. The molecule has 0 radical (unpaired) electrons. The number of aryl methyl sites for hydroxylation is 1. The number of benzene rings is 1. The van der Waals surface area contributed by atoms with Crippen molar-refractivity contribution in [2.75, 3.05) is 13.7 Å². The van der Waals surface area contributed by atoms with Gasteiger partial charge in [0, 0.05) is 6.04 Å². The molecule has 1 atom stereocenters. The van der Waals surface area contributed by atoms with Crippen molar-refractivity contribution in [1.29, 1.82) is 0 Å². The van der Waals surface area contributed by atoms with E-state index >= 15 is 0 Å². The van der Waals surface area contributed by atoms with Crippen LogP contribution in [0.15, 0.2) is 28.8 Å². The van der Waals surface area contributed by atoms with Crippen molar-refractivity contribution in [2.45, 2.75) is 32.4 Å². The smallest absolute Gasteiger partial charge is 0.240 e. The predicted molar refractivity (Wildman–Crippen MR) is 74.4 cm³/mol. The monoisotopic (exact) mass is 273 g/mol. The van der Waals surface area contributed by atoms with Crippen LogP contribution < -0.4 is 4.74 Å². The third-order valence-corrected chi connectivity index (χ3v) is 3.77. The second-order valence-corrected chi connectivity index (χ2v) is 5.14. The first-order chi connectivity index (χ1) is 9.76. The van der Waals surface area contributed by atoms with Gasteiger partial charge in [0.25, 0.3) is 0 Å². The Labute approximate surface area is 118 Å². The maximum atomic E-state index is 5.22. The van der Waals surface area contributed by atoms with Crippen LogP contribution in [0.25, 0.3) is 0 Å². The fraction of sp³-hybridized carbons (Fsp3) is 0.467. The van der Waals surface area contributed by atoms with Gasteiger partial charge in [-0.15, -0.1) is 0 Å². The molecule has 1 aromatic heterocycles. The van der Waals surface area contributed by atoms with E-state index in [1.807, 2.05) is 19.1 Å². The maximum Gasteiger partial charge on any atom is 0.240 e. The van der Waals surface area contributed by atoms with Crippen LogP contribution in [0.4, 0.5) is 0 Å². The van der Waals surface area contributed by atoms with Gasteiger partial charge in [-0.05, 0) is 44.0 Å². The van der Waals surface area contributed by atoms with Crippen molar-refractivity contribution < 1.29 is 9.26 Å². The van der Waals surface area contributed by atoms with E-state index in [4.69, 9.17) is 9.26 Å². The van der Waals surface area contributed by atoms with Crippen LogP contribution in [0.3, 0.4) is 0 Å². The standard InChI is InChI=1S/C15H19N3O2/c1-11-16-15(20-17-11)10-18-9-3-4-14(18)12-5-7-13(19-2)8-6-12/h5-8,14H,3-4,9-10H2,1-2H3/t14-/m0/s1. The molecule has 2 heterocycles. The van der Waals surface area contributed by atoms with Crippen LogP contribution in [-0.2, 0) is 6.54 Å². The van der Waals surface area contributed by atoms with Gasteiger partial charge in [-0.2, -0.15) is 4.98 Å². The van der Waals surface area contributed by atoms with Gasteiger partial charge in [0.2, 0.25) is 5.89 Å². The number of rotatable bonds is 4. The number of hydrogen-bond donors (Lipinski definition) is 0. The van der Waals surface area contributed by atoms with E-state index in [0.717, 1.165) is 18.8 Å². The molecule has 2 aromatic rings. The Morgan fingerprint density at radius 3 is 2.80 bits per heavy atom. The molecule has 0 amide bonds. The van der Waals surface area contributed by atoms with Crippen molar-refractivity contribution in [3.63, 3.8) is 0 Å². The van der Waals surface area contributed by atoms with E-state index < -0.39 is 0 Å². The van der Waals surface area contributed by atoms with Crippen molar-refractivity contribution in [3.05, 3.63) is 41.5 Å². The van der Waals surface area contributed by atoms with Gasteiger partial charge >= 0.3 is 0 Å². The number of hydrogen-bond acceptors (Lipinski definition) is 5. The number of likely N-dealkylation sites (tertiary alicyclic amines) is 1. The number of methoxy groups -OCH3 is 1. The summed E-state index contributed by atoms with van der Waals surface area (Å²) in [6.07, 6.45) is 2.36. The van der Waals surface area contributed by atoms with Gasteiger partial charge in [0.1, 0.15) is 5.75 Å². The first kappa shape index (κ1) is 13.1. The quantitative estimate of drug-likeness (QED) is 0.857. The van der Waals surface area contributed by atoms with E-state index in [9.17, 15) is 0 Å². The second kappa shape index (κ2) is 5.63. The summed E-state index contributed by atoms with van der Waals surface area (Å²) >= 11 is 0. The molecule has 1 aliphatic heterocycles. The van der Waals surface area contributed by atoms with Crippen molar-refractivity contribution in [1.82, 2.24) is 15.0 Å². The van der Waals surface area contributed by atoms with Crippen LogP contribution in [0.2, 0.25) is 0 Å². The van der Waals surface area contributed by atoms with Gasteiger partial charge in [-0.3, -0.25) is 4.90 Å². The molecule has 106 valence electrons. The first-order valence-electron chi connectivity index (χ1n) is 6.93. The maximum absolute atomic E-state index is 5.22. The van der Waals surface area contributed by atoms with E-state index in [0.29, 0.717) is 17.8 Å². The van der Waals surface area contributed by atoms with Gasteiger partial charge in [-0.25, -0.2) is 0 Å². The highest BCUT2D eigenvalue weighted by Gasteiger charge is 2.27. The van der Waals surface area contributed by atoms with Crippen LogP contribution in [0.1, 0.15) is 36.2 Å². The summed E-state index contributed by atoms with van der Waals surface area (Å²) in [6.45, 7) is 3.63. The molecule has 0 N–H and O–H groups in total. The summed E-state index contributed by atoms with van der Waals surface area (Å²) in [6, 6.07) is 8.74. The molecule has 1 saturated heterocycles. The highest BCUT2D eigenvalue weighted by Crippen LogP contribution is 2.33. The minimum absolute atomic E-state index is 0.424. The molecule has 0 spiro atoms. The molecule has 5 nitrogen and oxygen atoms in total. The molecule has 0 unspecified atom stereocenters. The summed E-state index contributed by atoms with van der Waals surface area (Å²) in [5, 5.41) is 3.85. The van der Waals surface area contributed by atoms with Gasteiger partial charge < -0.3 is 9.26 Å². The molecule has 0 aliphatic carbocycles. The molecule has 20 heavy (non-hydrogen) atoms. The first-order valence-corrected chi connectivity index (χ1v) is 6.93. The zero-order valence-electron chi connectivity index (χ0n) is 11.9. The predicted octanol–water partition coefficient (Wildman–Crippen LogP) is 2.72. The molecule has 1 fully saturated rings. The van der Waals surface area contributed by atoms with Crippen LogP contribution >= 0.6 is 0 Å². The van der Waals surface area contributed by atoms with Crippen molar-refractivity contribution in [2.24, 2.45) is 0 Å². The van der Waals surface area contributed by atoms with Gasteiger partial charge in [0.15, 0.2) is 5.82 Å². The van der Waals surface area contributed by atoms with Crippen molar-refractivity contribution >= 4 is 0 Å². The van der Waals surface area contributed by atoms with Gasteiger partial charge in [0.05, 0.1) is 13.7 Å². The highest BCUT2D eigenvalue weighted by atomic mass is 16.5. The Bertz CT molecular complexity index is 565. The normalized spacial score (nSPS) is 19.4. The lowest BCUT2D eigenvalue weighted by molar-refractivity contribution is 0.212. The van der Waals surface area contributed by atoms with E-state index in [1.165, 1.54) is 18.4 Å². The third kappa shape index (κ3) is 2.67. The van der Waals surface area contributed by atoms with E-state index in [1.54, 1.807) is 7.11 Å². The highest BCUT2D eigenvalue weighted by molar-refractivity contribution is 5.29. The molecule has 1 aliphatic rings. The lowest BCUT2D eigenvalue weighted by Gasteiger charge is -2.23. The molecule has 0 bridgehead atoms. The summed E-state index contributed by atoms with van der Waals surface area (Å²) in [7, 11) is 1.69. The molecule has 3 rings (SSSR count). The third-order valence-electron chi connectivity index (χ3n) is 3.77. The Kier molecular flexibility index (Phi) is 3.69. The number of aromatic nitrogens is 2. The molecule has 0 saturated carbocycles. The zero-order valence-corrected chi connectivity index (χ0v) is 11.9. The van der Waals surface area contributed by atoms with Crippen LogP contribution in [0, 0.1) is 6.92 Å². The molecule has 1 aromatic carbocycles. The van der Waals surface area contributed by atoms with Gasteiger partial charge in [-0.1, -0.05) is 17.3 Å². The molecular formula is C15H19N3O2. The summed E-state index contributed by atoms with van der Waals surface area (Å²) in [4.78, 5) is 6.69. The fourth-order valence-corrected chi connectivity index (χ4v) is 2.80. The Hall–Kier alpha value is -1.88. The Morgan fingerprint density at radius 1 is 1.35 bits per heavy atom. The number of nitrogens with zero attached hydrogens (tertiary/aromatic N) is 3. The Balaban J connectivity index is 1.74. The van der Waals surface area contributed by atoms with E-state index in [2.05, 4.69) is 27.2 Å². The average Bonchev–Trinajstić information content (AvgIpc) is 3.09. The lowest BCUT2D eigenvalue weighted by Crippen LogP contribution is -2.22. The fourth-order valence-electron chi connectivity index (χ4n) is 2.80. The summed E-state index contributed by atoms with van der Waals surface area (Å²) in [5.74, 6) is 2.29.